The Labute approximate surface area is 108 Å². The summed E-state index contributed by atoms with van der Waals surface area (Å²) < 4.78 is 13.4. The minimum Gasteiger partial charge on any atom is -0.357 e. The van der Waals surface area contributed by atoms with Crippen molar-refractivity contribution in [2.75, 3.05) is 6.54 Å². The first-order valence-electron chi connectivity index (χ1n) is 6.49. The molecular weight excluding hydrogens is 229 g/mol. The van der Waals surface area contributed by atoms with Crippen LogP contribution in [-0.2, 0) is 6.54 Å². The van der Waals surface area contributed by atoms with Crippen LogP contribution in [0.15, 0.2) is 23.2 Å². The molecule has 1 aliphatic rings. The Morgan fingerprint density at radius 3 is 2.83 bits per heavy atom. The largest absolute Gasteiger partial charge is 0.357 e. The van der Waals surface area contributed by atoms with Crippen LogP contribution in [-0.4, -0.2) is 18.5 Å². The van der Waals surface area contributed by atoms with Crippen molar-refractivity contribution in [3.63, 3.8) is 0 Å². The summed E-state index contributed by atoms with van der Waals surface area (Å²) in [6, 6.07) is 5.83. The number of aliphatic imine (C=N–C) groups is 1. The molecule has 2 N–H and O–H groups in total. The molecular formula is C14H20FN3. The zero-order valence-electron chi connectivity index (χ0n) is 11.0. The van der Waals surface area contributed by atoms with E-state index in [1.165, 1.54) is 12.8 Å². The molecule has 2 rings (SSSR count). The third-order valence-electron chi connectivity index (χ3n) is 2.92. The van der Waals surface area contributed by atoms with Gasteiger partial charge in [0.1, 0.15) is 5.82 Å². The Balaban J connectivity index is 1.98. The molecule has 0 amide bonds. The smallest absolute Gasteiger partial charge is 0.191 e. The van der Waals surface area contributed by atoms with Gasteiger partial charge in [-0.2, -0.15) is 0 Å². The van der Waals surface area contributed by atoms with Crippen molar-refractivity contribution >= 4 is 5.96 Å². The van der Waals surface area contributed by atoms with E-state index in [1.807, 2.05) is 13.0 Å². The molecule has 0 unspecified atom stereocenters. The van der Waals surface area contributed by atoms with E-state index in [-0.39, 0.29) is 5.82 Å². The standard InChI is InChI=1S/C14H20FN3/c1-3-16-14(18-12-6-7-12)17-9-11-5-4-10(2)13(15)8-11/h4-5,8,12H,3,6-7,9H2,1-2H3,(H2,16,17,18). The van der Waals surface area contributed by atoms with Crippen molar-refractivity contribution in [3.05, 3.63) is 35.1 Å². The SMILES string of the molecule is CCNC(=NCc1ccc(C)c(F)c1)NC1CC1. The fourth-order valence-electron chi connectivity index (χ4n) is 1.65. The third kappa shape index (κ3) is 3.72. The molecule has 0 aliphatic heterocycles. The lowest BCUT2D eigenvalue weighted by Gasteiger charge is -2.10. The van der Waals surface area contributed by atoms with Crippen LogP contribution in [0.5, 0.6) is 0 Å². The summed E-state index contributed by atoms with van der Waals surface area (Å²) in [5.41, 5.74) is 1.57. The maximum Gasteiger partial charge on any atom is 0.191 e. The lowest BCUT2D eigenvalue weighted by atomic mass is 10.1. The Morgan fingerprint density at radius 1 is 1.44 bits per heavy atom. The highest BCUT2D eigenvalue weighted by Gasteiger charge is 2.21. The van der Waals surface area contributed by atoms with E-state index < -0.39 is 0 Å². The van der Waals surface area contributed by atoms with Crippen molar-refractivity contribution in [2.45, 2.75) is 39.3 Å². The van der Waals surface area contributed by atoms with Crippen LogP contribution >= 0.6 is 0 Å². The van der Waals surface area contributed by atoms with Crippen LogP contribution in [0, 0.1) is 12.7 Å². The fraction of sp³-hybridized carbons (Fsp3) is 0.500. The van der Waals surface area contributed by atoms with Crippen LogP contribution in [0.1, 0.15) is 30.9 Å². The quantitative estimate of drug-likeness (QED) is 0.635. The Morgan fingerprint density at radius 2 is 2.22 bits per heavy atom. The summed E-state index contributed by atoms with van der Waals surface area (Å²) in [7, 11) is 0. The molecule has 0 saturated heterocycles. The van der Waals surface area contributed by atoms with E-state index in [0.717, 1.165) is 18.1 Å². The van der Waals surface area contributed by atoms with Gasteiger partial charge in [-0.15, -0.1) is 0 Å². The topological polar surface area (TPSA) is 36.4 Å². The predicted octanol–water partition coefficient (Wildman–Crippen LogP) is 2.35. The molecule has 1 saturated carbocycles. The molecule has 1 fully saturated rings. The highest BCUT2D eigenvalue weighted by atomic mass is 19.1. The van der Waals surface area contributed by atoms with Crippen molar-refractivity contribution < 1.29 is 4.39 Å². The lowest BCUT2D eigenvalue weighted by molar-refractivity contribution is 0.616. The second-order valence-corrected chi connectivity index (χ2v) is 4.70. The van der Waals surface area contributed by atoms with E-state index in [2.05, 4.69) is 15.6 Å². The van der Waals surface area contributed by atoms with Crippen molar-refractivity contribution in [2.24, 2.45) is 4.99 Å². The minimum absolute atomic E-state index is 0.164. The Kier molecular flexibility index (Phi) is 4.18. The summed E-state index contributed by atoms with van der Waals surface area (Å²) in [5.74, 6) is 0.656. The molecule has 0 spiro atoms. The van der Waals surface area contributed by atoms with E-state index in [1.54, 1.807) is 19.1 Å². The summed E-state index contributed by atoms with van der Waals surface area (Å²) in [5, 5.41) is 6.53. The summed E-state index contributed by atoms with van der Waals surface area (Å²) in [6.45, 7) is 5.14. The van der Waals surface area contributed by atoms with Crippen LogP contribution in [0.4, 0.5) is 4.39 Å². The molecule has 1 aliphatic carbocycles. The van der Waals surface area contributed by atoms with E-state index in [9.17, 15) is 4.39 Å². The third-order valence-corrected chi connectivity index (χ3v) is 2.92. The Bertz CT molecular complexity index is 439. The zero-order valence-corrected chi connectivity index (χ0v) is 11.0. The number of halogens is 1. The second-order valence-electron chi connectivity index (χ2n) is 4.70. The number of guanidine groups is 1. The van der Waals surface area contributed by atoms with Gasteiger partial charge in [0.25, 0.3) is 0 Å². The van der Waals surface area contributed by atoms with Gasteiger partial charge >= 0.3 is 0 Å². The molecule has 18 heavy (non-hydrogen) atoms. The monoisotopic (exact) mass is 249 g/mol. The normalized spacial score (nSPS) is 15.6. The Hall–Kier alpha value is -1.58. The minimum atomic E-state index is -0.164. The van der Waals surface area contributed by atoms with Crippen molar-refractivity contribution in [1.82, 2.24) is 10.6 Å². The predicted molar refractivity (Wildman–Crippen MR) is 72.1 cm³/mol. The van der Waals surface area contributed by atoms with Crippen molar-refractivity contribution in [1.29, 1.82) is 0 Å². The first-order chi connectivity index (χ1) is 8.69. The fourth-order valence-corrected chi connectivity index (χ4v) is 1.65. The van der Waals surface area contributed by atoms with E-state index in [4.69, 9.17) is 0 Å². The number of hydrogen-bond acceptors (Lipinski definition) is 1. The molecule has 0 bridgehead atoms. The van der Waals surface area contributed by atoms with Crippen LogP contribution in [0.3, 0.4) is 0 Å². The van der Waals surface area contributed by atoms with Gasteiger partial charge in [0.05, 0.1) is 6.54 Å². The molecule has 0 heterocycles. The van der Waals surface area contributed by atoms with Gasteiger partial charge in [0.2, 0.25) is 0 Å². The maximum atomic E-state index is 13.4. The van der Waals surface area contributed by atoms with Gasteiger partial charge in [-0.25, -0.2) is 9.38 Å². The number of hydrogen-bond donors (Lipinski definition) is 2. The van der Waals surface area contributed by atoms with Crippen LogP contribution in [0.25, 0.3) is 0 Å². The molecule has 0 aromatic heterocycles. The number of nitrogens with one attached hydrogen (secondary N) is 2. The van der Waals surface area contributed by atoms with Gasteiger partial charge in [0.15, 0.2) is 5.96 Å². The average molecular weight is 249 g/mol. The van der Waals surface area contributed by atoms with Gasteiger partial charge in [-0.05, 0) is 43.9 Å². The first-order valence-corrected chi connectivity index (χ1v) is 6.49. The van der Waals surface area contributed by atoms with Crippen LogP contribution < -0.4 is 10.6 Å². The number of nitrogens with zero attached hydrogens (tertiary/aromatic N) is 1. The molecule has 98 valence electrons. The highest BCUT2D eigenvalue weighted by Crippen LogP contribution is 2.18. The van der Waals surface area contributed by atoms with Crippen molar-refractivity contribution in [3.8, 4) is 0 Å². The summed E-state index contributed by atoms with van der Waals surface area (Å²) in [4.78, 5) is 4.46. The van der Waals surface area contributed by atoms with Crippen LogP contribution in [0.2, 0.25) is 0 Å². The average Bonchev–Trinajstić information content (AvgIpc) is 3.14. The number of rotatable bonds is 4. The molecule has 4 heteroatoms. The van der Waals surface area contributed by atoms with Gasteiger partial charge < -0.3 is 10.6 Å². The maximum absolute atomic E-state index is 13.4. The van der Waals surface area contributed by atoms with Gasteiger partial charge in [-0.1, -0.05) is 12.1 Å². The highest BCUT2D eigenvalue weighted by molar-refractivity contribution is 5.80. The zero-order chi connectivity index (χ0) is 13.0. The molecule has 0 radical (unpaired) electrons. The summed E-state index contributed by atoms with van der Waals surface area (Å²) in [6.07, 6.45) is 2.42. The molecule has 1 aromatic rings. The second kappa shape index (κ2) is 5.85. The molecule has 1 aromatic carbocycles. The number of aryl methyl sites for hydroxylation is 1. The van der Waals surface area contributed by atoms with E-state index >= 15 is 0 Å². The van der Waals surface area contributed by atoms with E-state index in [0.29, 0.717) is 18.2 Å². The van der Waals surface area contributed by atoms with Gasteiger partial charge in [-0.3, -0.25) is 0 Å². The molecule has 0 atom stereocenters. The lowest BCUT2D eigenvalue weighted by Crippen LogP contribution is -2.38. The summed E-state index contributed by atoms with van der Waals surface area (Å²) >= 11 is 0. The number of benzene rings is 1. The first kappa shape index (κ1) is 12.9. The van der Waals surface area contributed by atoms with Gasteiger partial charge in [0, 0.05) is 12.6 Å². The molecule has 3 nitrogen and oxygen atoms in total.